The minimum atomic E-state index is -0.387. The molecule has 0 aliphatic heterocycles. The van der Waals surface area contributed by atoms with Gasteiger partial charge in [0.1, 0.15) is 6.61 Å². The van der Waals surface area contributed by atoms with E-state index in [2.05, 4.69) is 41.9 Å². The molecule has 0 spiro atoms. The zero-order valence-electron chi connectivity index (χ0n) is 12.1. The molecule has 2 aromatic rings. The molecule has 2 rings (SSSR count). The molecular formula is C17H18BrNO2. The molecule has 2 aromatic carbocycles. The first kappa shape index (κ1) is 15.6. The lowest BCUT2D eigenvalue weighted by Crippen LogP contribution is -2.07. The third-order valence-corrected chi connectivity index (χ3v) is 3.92. The Kier molecular flexibility index (Phi) is 5.02. The molecule has 0 aromatic heterocycles. The van der Waals surface area contributed by atoms with Gasteiger partial charge in [0.25, 0.3) is 0 Å². The minimum Gasteiger partial charge on any atom is -0.457 e. The van der Waals surface area contributed by atoms with E-state index in [1.54, 1.807) is 18.2 Å². The third kappa shape index (κ3) is 4.08. The van der Waals surface area contributed by atoms with E-state index in [1.807, 2.05) is 12.1 Å². The predicted octanol–water partition coefficient (Wildman–Crippen LogP) is 4.51. The van der Waals surface area contributed by atoms with Crippen molar-refractivity contribution in [2.45, 2.75) is 26.4 Å². The first-order chi connectivity index (χ1) is 9.97. The average Bonchev–Trinajstić information content (AvgIpc) is 2.47. The van der Waals surface area contributed by atoms with Crippen LogP contribution in [0.1, 0.15) is 41.3 Å². The fourth-order valence-corrected chi connectivity index (χ4v) is 2.33. The van der Waals surface area contributed by atoms with Crippen LogP contribution in [0.5, 0.6) is 0 Å². The molecular weight excluding hydrogens is 330 g/mol. The van der Waals surface area contributed by atoms with E-state index in [0.29, 0.717) is 21.6 Å². The molecule has 4 heteroatoms. The molecule has 3 nitrogen and oxygen atoms in total. The largest absolute Gasteiger partial charge is 0.457 e. The van der Waals surface area contributed by atoms with Gasteiger partial charge in [-0.25, -0.2) is 4.79 Å². The predicted molar refractivity (Wildman–Crippen MR) is 88.2 cm³/mol. The van der Waals surface area contributed by atoms with Gasteiger partial charge in [-0.1, -0.05) is 38.1 Å². The molecule has 0 amide bonds. The topological polar surface area (TPSA) is 52.3 Å². The van der Waals surface area contributed by atoms with E-state index in [9.17, 15) is 4.79 Å². The Morgan fingerprint density at radius 3 is 2.48 bits per heavy atom. The Balaban J connectivity index is 2.02. The zero-order chi connectivity index (χ0) is 15.4. The molecule has 0 aliphatic rings. The van der Waals surface area contributed by atoms with Gasteiger partial charge in [0.05, 0.1) is 5.56 Å². The number of hydrogen-bond donors (Lipinski definition) is 1. The van der Waals surface area contributed by atoms with E-state index in [4.69, 9.17) is 10.5 Å². The van der Waals surface area contributed by atoms with E-state index >= 15 is 0 Å². The maximum absolute atomic E-state index is 12.1. The van der Waals surface area contributed by atoms with Gasteiger partial charge in [0.15, 0.2) is 0 Å². The Morgan fingerprint density at radius 2 is 1.86 bits per heavy atom. The number of carbonyl (C=O) groups is 1. The van der Waals surface area contributed by atoms with Crippen LogP contribution in [0.15, 0.2) is 46.9 Å². The number of esters is 1. The van der Waals surface area contributed by atoms with E-state index in [-0.39, 0.29) is 12.6 Å². The van der Waals surface area contributed by atoms with E-state index < -0.39 is 0 Å². The lowest BCUT2D eigenvalue weighted by Gasteiger charge is -2.09. The quantitative estimate of drug-likeness (QED) is 0.653. The smallest absolute Gasteiger partial charge is 0.339 e. The summed E-state index contributed by atoms with van der Waals surface area (Å²) in [7, 11) is 0. The number of nitrogens with two attached hydrogens (primary N) is 1. The van der Waals surface area contributed by atoms with Crippen molar-refractivity contribution in [2.24, 2.45) is 0 Å². The van der Waals surface area contributed by atoms with Gasteiger partial charge in [-0.2, -0.15) is 0 Å². The van der Waals surface area contributed by atoms with Gasteiger partial charge in [0, 0.05) is 10.2 Å². The first-order valence-corrected chi connectivity index (χ1v) is 7.57. The summed E-state index contributed by atoms with van der Waals surface area (Å²) < 4.78 is 6.00. The van der Waals surface area contributed by atoms with Crippen molar-refractivity contribution in [2.75, 3.05) is 5.73 Å². The fraction of sp³-hybridized carbons (Fsp3) is 0.235. The second-order valence-electron chi connectivity index (χ2n) is 5.21. The molecule has 110 valence electrons. The highest BCUT2D eigenvalue weighted by Gasteiger charge is 2.12. The summed E-state index contributed by atoms with van der Waals surface area (Å²) in [6.07, 6.45) is 0. The minimum absolute atomic E-state index is 0.248. The summed E-state index contributed by atoms with van der Waals surface area (Å²) in [5.41, 5.74) is 8.89. The van der Waals surface area contributed by atoms with Crippen LogP contribution in [0.4, 0.5) is 5.69 Å². The monoisotopic (exact) mass is 347 g/mol. The van der Waals surface area contributed by atoms with Gasteiger partial charge < -0.3 is 10.5 Å². The van der Waals surface area contributed by atoms with Crippen LogP contribution in [0, 0.1) is 0 Å². The second kappa shape index (κ2) is 6.76. The number of carbonyl (C=O) groups excluding carboxylic acids is 1. The molecule has 2 N–H and O–H groups in total. The van der Waals surface area contributed by atoms with Crippen LogP contribution in [-0.2, 0) is 11.3 Å². The van der Waals surface area contributed by atoms with Crippen molar-refractivity contribution < 1.29 is 9.53 Å². The molecule has 0 saturated carbocycles. The standard InChI is InChI=1S/C17H18BrNO2/c1-11(2)13-5-3-12(4-6-13)10-21-17(20)15-9-14(19)7-8-16(15)18/h3-9,11H,10,19H2,1-2H3. The Hall–Kier alpha value is -1.81. The fourth-order valence-electron chi connectivity index (χ4n) is 1.92. The lowest BCUT2D eigenvalue weighted by atomic mass is 10.0. The highest BCUT2D eigenvalue weighted by molar-refractivity contribution is 9.10. The number of benzene rings is 2. The van der Waals surface area contributed by atoms with Crippen molar-refractivity contribution in [1.82, 2.24) is 0 Å². The van der Waals surface area contributed by atoms with E-state index in [1.165, 1.54) is 5.56 Å². The number of rotatable bonds is 4. The molecule has 0 aliphatic carbocycles. The molecule has 0 heterocycles. The highest BCUT2D eigenvalue weighted by atomic mass is 79.9. The Labute approximate surface area is 133 Å². The van der Waals surface area contributed by atoms with Crippen molar-refractivity contribution in [3.05, 3.63) is 63.6 Å². The summed E-state index contributed by atoms with van der Waals surface area (Å²) in [6, 6.07) is 13.2. The second-order valence-corrected chi connectivity index (χ2v) is 6.07. The Bertz CT molecular complexity index is 636. The molecule has 0 radical (unpaired) electrons. The van der Waals surface area contributed by atoms with Gasteiger partial charge in [-0.05, 0) is 51.2 Å². The van der Waals surface area contributed by atoms with Gasteiger partial charge >= 0.3 is 5.97 Å². The van der Waals surface area contributed by atoms with Crippen molar-refractivity contribution >= 4 is 27.6 Å². The highest BCUT2D eigenvalue weighted by Crippen LogP contribution is 2.21. The van der Waals surface area contributed by atoms with Crippen LogP contribution >= 0.6 is 15.9 Å². The molecule has 0 fully saturated rings. The number of anilines is 1. The summed E-state index contributed by atoms with van der Waals surface area (Å²) >= 11 is 3.33. The molecule has 21 heavy (non-hydrogen) atoms. The van der Waals surface area contributed by atoms with Crippen LogP contribution in [0.3, 0.4) is 0 Å². The molecule has 0 atom stereocenters. The lowest BCUT2D eigenvalue weighted by molar-refractivity contribution is 0.0471. The van der Waals surface area contributed by atoms with Crippen molar-refractivity contribution in [1.29, 1.82) is 0 Å². The number of nitrogen functional groups attached to an aromatic ring is 1. The zero-order valence-corrected chi connectivity index (χ0v) is 13.7. The van der Waals surface area contributed by atoms with Crippen LogP contribution < -0.4 is 5.73 Å². The summed E-state index contributed by atoms with van der Waals surface area (Å²) in [6.45, 7) is 4.54. The summed E-state index contributed by atoms with van der Waals surface area (Å²) in [5, 5.41) is 0. The molecule has 0 saturated heterocycles. The molecule has 0 unspecified atom stereocenters. The maximum Gasteiger partial charge on any atom is 0.339 e. The first-order valence-electron chi connectivity index (χ1n) is 6.78. The Morgan fingerprint density at radius 1 is 1.19 bits per heavy atom. The normalized spacial score (nSPS) is 10.7. The van der Waals surface area contributed by atoms with Gasteiger partial charge in [-0.3, -0.25) is 0 Å². The summed E-state index contributed by atoms with van der Waals surface area (Å²) in [5.74, 6) is 0.104. The number of ether oxygens (including phenoxy) is 1. The van der Waals surface area contributed by atoms with Crippen molar-refractivity contribution in [3.8, 4) is 0 Å². The SMILES string of the molecule is CC(C)c1ccc(COC(=O)c2cc(N)ccc2Br)cc1. The van der Waals surface area contributed by atoms with Crippen LogP contribution in [0.25, 0.3) is 0 Å². The summed E-state index contributed by atoms with van der Waals surface area (Å²) in [4.78, 5) is 12.1. The van der Waals surface area contributed by atoms with Gasteiger partial charge in [0.2, 0.25) is 0 Å². The van der Waals surface area contributed by atoms with Crippen LogP contribution in [-0.4, -0.2) is 5.97 Å². The van der Waals surface area contributed by atoms with Crippen molar-refractivity contribution in [3.63, 3.8) is 0 Å². The number of halogens is 1. The van der Waals surface area contributed by atoms with E-state index in [0.717, 1.165) is 5.56 Å². The maximum atomic E-state index is 12.1. The third-order valence-electron chi connectivity index (χ3n) is 3.23. The average molecular weight is 348 g/mol. The van der Waals surface area contributed by atoms with Gasteiger partial charge in [-0.15, -0.1) is 0 Å². The number of hydrogen-bond acceptors (Lipinski definition) is 3. The van der Waals surface area contributed by atoms with Crippen LogP contribution in [0.2, 0.25) is 0 Å². The molecule has 0 bridgehead atoms.